The summed E-state index contributed by atoms with van der Waals surface area (Å²) in [5, 5.41) is 17.0. The van der Waals surface area contributed by atoms with Crippen molar-refractivity contribution < 1.29 is 14.3 Å². The molecule has 0 N–H and O–H groups in total. The fourth-order valence-electron chi connectivity index (χ4n) is 3.06. The first kappa shape index (κ1) is 20.2. The minimum atomic E-state index is -0.417. The number of nitrogens with zero attached hydrogens (tertiary/aromatic N) is 4. The Morgan fingerprint density at radius 2 is 2.00 bits per heavy atom. The Hall–Kier alpha value is -4.09. The van der Waals surface area contributed by atoms with Crippen molar-refractivity contribution in [2.24, 2.45) is 5.10 Å². The zero-order chi connectivity index (χ0) is 22.0. The van der Waals surface area contributed by atoms with Gasteiger partial charge in [-0.15, -0.1) is 11.3 Å². The lowest BCUT2D eigenvalue weighted by Gasteiger charge is -2.07. The number of aromatic nitrogens is 1. The molecule has 4 rings (SSSR count). The van der Waals surface area contributed by atoms with Crippen molar-refractivity contribution in [2.75, 3.05) is 12.1 Å². The fraction of sp³-hybridized carbons (Fsp3) is 0.0870. The molecule has 31 heavy (non-hydrogen) atoms. The van der Waals surface area contributed by atoms with Crippen LogP contribution in [0.1, 0.15) is 28.4 Å². The lowest BCUT2D eigenvalue weighted by atomic mass is 10.1. The molecule has 0 fully saturated rings. The second kappa shape index (κ2) is 8.34. The van der Waals surface area contributed by atoms with Crippen LogP contribution in [0.4, 0.5) is 5.13 Å². The van der Waals surface area contributed by atoms with E-state index in [0.717, 1.165) is 11.1 Å². The van der Waals surface area contributed by atoms with Gasteiger partial charge >= 0.3 is 5.97 Å². The summed E-state index contributed by atoms with van der Waals surface area (Å²) in [6.07, 6.45) is 1.73. The van der Waals surface area contributed by atoms with Gasteiger partial charge in [0.15, 0.2) is 0 Å². The molecule has 3 aromatic rings. The molecule has 0 spiro atoms. The first-order valence-corrected chi connectivity index (χ1v) is 10.1. The molecule has 2 heterocycles. The molecule has 1 aromatic heterocycles. The maximum atomic E-state index is 13.0. The highest BCUT2D eigenvalue weighted by molar-refractivity contribution is 7.14. The Balaban J connectivity index is 1.58. The van der Waals surface area contributed by atoms with E-state index in [1.807, 2.05) is 11.4 Å². The van der Waals surface area contributed by atoms with Gasteiger partial charge in [-0.05, 0) is 42.8 Å². The summed E-state index contributed by atoms with van der Waals surface area (Å²) in [7, 11) is 1.33. The van der Waals surface area contributed by atoms with Crippen LogP contribution >= 0.6 is 11.3 Å². The molecule has 0 unspecified atom stereocenters. The van der Waals surface area contributed by atoms with Crippen LogP contribution in [0.15, 0.2) is 64.6 Å². The average Bonchev–Trinajstić information content (AvgIpc) is 3.40. The number of nitriles is 1. The highest BCUT2D eigenvalue weighted by atomic mass is 32.1. The summed E-state index contributed by atoms with van der Waals surface area (Å²) in [4.78, 5) is 29.1. The van der Waals surface area contributed by atoms with Gasteiger partial charge < -0.3 is 4.74 Å². The second-order valence-corrected chi connectivity index (χ2v) is 7.52. The molecule has 1 aliphatic heterocycles. The van der Waals surface area contributed by atoms with Crippen LogP contribution in [0.2, 0.25) is 0 Å². The Morgan fingerprint density at radius 3 is 2.71 bits per heavy atom. The van der Waals surface area contributed by atoms with E-state index in [0.29, 0.717) is 33.2 Å². The van der Waals surface area contributed by atoms with Crippen molar-refractivity contribution >= 4 is 40.1 Å². The molecule has 1 aliphatic rings. The topological polar surface area (TPSA) is 95.7 Å². The number of amides is 1. The zero-order valence-corrected chi connectivity index (χ0v) is 17.5. The van der Waals surface area contributed by atoms with Gasteiger partial charge in [0.05, 0.1) is 41.3 Å². The van der Waals surface area contributed by atoms with Gasteiger partial charge in [0.1, 0.15) is 0 Å². The van der Waals surface area contributed by atoms with Crippen molar-refractivity contribution in [3.05, 3.63) is 76.2 Å². The molecule has 0 saturated heterocycles. The quantitative estimate of drug-likeness (QED) is 0.457. The van der Waals surface area contributed by atoms with E-state index in [1.54, 1.807) is 55.5 Å². The van der Waals surface area contributed by atoms with Crippen molar-refractivity contribution in [3.8, 4) is 17.3 Å². The number of ether oxygens (including phenoxy) is 1. The normalized spacial score (nSPS) is 14.5. The summed E-state index contributed by atoms with van der Waals surface area (Å²) in [5.74, 6) is -0.693. The van der Waals surface area contributed by atoms with Crippen LogP contribution < -0.4 is 5.01 Å². The largest absolute Gasteiger partial charge is 0.465 e. The first-order chi connectivity index (χ1) is 15.0. The molecule has 7 nitrogen and oxygen atoms in total. The third-order valence-electron chi connectivity index (χ3n) is 4.67. The minimum Gasteiger partial charge on any atom is -0.465 e. The summed E-state index contributed by atoms with van der Waals surface area (Å²) in [6.45, 7) is 1.76. The van der Waals surface area contributed by atoms with Crippen LogP contribution in [-0.4, -0.2) is 29.7 Å². The first-order valence-electron chi connectivity index (χ1n) is 9.26. The van der Waals surface area contributed by atoms with E-state index < -0.39 is 5.97 Å². The van der Waals surface area contributed by atoms with Gasteiger partial charge in [-0.1, -0.05) is 24.3 Å². The summed E-state index contributed by atoms with van der Waals surface area (Å²) >= 11 is 1.30. The van der Waals surface area contributed by atoms with Gasteiger partial charge in [-0.25, -0.2) is 9.78 Å². The number of benzene rings is 2. The third kappa shape index (κ3) is 3.99. The van der Waals surface area contributed by atoms with E-state index in [-0.39, 0.29) is 5.91 Å². The molecular weight excluding hydrogens is 412 g/mol. The Labute approximate surface area is 182 Å². The molecule has 152 valence electrons. The van der Waals surface area contributed by atoms with E-state index in [9.17, 15) is 9.59 Å². The van der Waals surface area contributed by atoms with E-state index in [1.165, 1.54) is 23.5 Å². The second-order valence-electron chi connectivity index (χ2n) is 6.68. The van der Waals surface area contributed by atoms with Crippen molar-refractivity contribution in [1.82, 2.24) is 4.98 Å². The minimum absolute atomic E-state index is 0.277. The number of carbonyl (C=O) groups is 2. The molecule has 0 bridgehead atoms. The predicted molar refractivity (Wildman–Crippen MR) is 119 cm³/mol. The molecule has 0 saturated carbocycles. The maximum absolute atomic E-state index is 13.0. The fourth-order valence-corrected chi connectivity index (χ4v) is 3.84. The van der Waals surface area contributed by atoms with Gasteiger partial charge in [-0.3, -0.25) is 4.79 Å². The monoisotopic (exact) mass is 428 g/mol. The number of esters is 1. The van der Waals surface area contributed by atoms with Crippen LogP contribution in [-0.2, 0) is 9.53 Å². The standard InChI is InChI=1S/C23H16N4O3S/c1-14-19(11-15-6-8-17(9-7-15)22(29)30-2)21(28)27(26-14)23-25-20(13-31-23)18-5-3-4-16(10-18)12-24/h3-11,13H,1-2H3/b19-11+. The highest BCUT2D eigenvalue weighted by Crippen LogP contribution is 2.31. The lowest BCUT2D eigenvalue weighted by Crippen LogP contribution is -2.21. The number of methoxy groups -OCH3 is 1. The molecular formula is C23H16N4O3S. The van der Waals surface area contributed by atoms with E-state index >= 15 is 0 Å². The Kier molecular flexibility index (Phi) is 5.43. The third-order valence-corrected chi connectivity index (χ3v) is 5.48. The van der Waals surface area contributed by atoms with Crippen molar-refractivity contribution in [2.45, 2.75) is 6.92 Å². The summed E-state index contributed by atoms with van der Waals surface area (Å²) in [6, 6.07) is 16.0. The summed E-state index contributed by atoms with van der Waals surface area (Å²) < 4.78 is 4.70. The molecule has 2 aromatic carbocycles. The van der Waals surface area contributed by atoms with Gasteiger partial charge in [0, 0.05) is 10.9 Å². The predicted octanol–water partition coefficient (Wildman–Crippen LogP) is 4.27. The molecule has 0 aliphatic carbocycles. The van der Waals surface area contributed by atoms with Gasteiger partial charge in [0.25, 0.3) is 5.91 Å². The Morgan fingerprint density at radius 1 is 1.23 bits per heavy atom. The molecule has 0 atom stereocenters. The number of hydrogen-bond donors (Lipinski definition) is 0. The number of anilines is 1. The smallest absolute Gasteiger partial charge is 0.337 e. The highest BCUT2D eigenvalue weighted by Gasteiger charge is 2.30. The molecule has 0 radical (unpaired) electrons. The van der Waals surface area contributed by atoms with E-state index in [4.69, 9.17) is 10.00 Å². The van der Waals surface area contributed by atoms with Crippen molar-refractivity contribution in [1.29, 1.82) is 5.26 Å². The van der Waals surface area contributed by atoms with Crippen LogP contribution in [0.25, 0.3) is 17.3 Å². The number of rotatable bonds is 4. The Bertz CT molecular complexity index is 1280. The molecule has 8 heteroatoms. The number of hydrogen-bond acceptors (Lipinski definition) is 7. The number of thiazole rings is 1. The van der Waals surface area contributed by atoms with E-state index in [2.05, 4.69) is 16.2 Å². The van der Waals surface area contributed by atoms with Crippen molar-refractivity contribution in [3.63, 3.8) is 0 Å². The number of hydrazone groups is 1. The lowest BCUT2D eigenvalue weighted by molar-refractivity contribution is -0.114. The van der Waals surface area contributed by atoms with Crippen LogP contribution in [0, 0.1) is 11.3 Å². The SMILES string of the molecule is COC(=O)c1ccc(/C=C2/C(=O)N(c3nc(-c4cccc(C#N)c4)cs3)N=C2C)cc1. The van der Waals surface area contributed by atoms with Crippen LogP contribution in [0.3, 0.4) is 0 Å². The van der Waals surface area contributed by atoms with Crippen LogP contribution in [0.5, 0.6) is 0 Å². The number of carbonyl (C=O) groups excluding carboxylic acids is 2. The molecule has 1 amide bonds. The average molecular weight is 428 g/mol. The van der Waals surface area contributed by atoms with Gasteiger partial charge in [-0.2, -0.15) is 15.4 Å². The maximum Gasteiger partial charge on any atom is 0.337 e. The van der Waals surface area contributed by atoms with Gasteiger partial charge in [0.2, 0.25) is 5.13 Å². The zero-order valence-electron chi connectivity index (χ0n) is 16.7. The summed E-state index contributed by atoms with van der Waals surface area (Å²) in [5.41, 5.74) is 4.25.